The summed E-state index contributed by atoms with van der Waals surface area (Å²) in [6.07, 6.45) is -15.4. The van der Waals surface area contributed by atoms with E-state index in [2.05, 4.69) is 0 Å². The molecule has 15 heteroatoms. The number of benzene rings is 2. The van der Waals surface area contributed by atoms with Gasteiger partial charge in [-0.25, -0.2) is 0 Å². The van der Waals surface area contributed by atoms with Gasteiger partial charge in [-0.05, 0) is 25.1 Å². The topological polar surface area (TPSA) is 238 Å². The number of phenolic OH excluding ortho intramolecular Hbond substituents is 2. The number of aliphatic hydroxyl groups is 6. The predicted octanol–water partition coefficient (Wildman–Crippen LogP) is -1.09. The van der Waals surface area contributed by atoms with E-state index in [1.54, 1.807) is 6.07 Å². The molecule has 0 aliphatic carbocycles. The molecule has 8 N–H and O–H groups in total. The molecule has 1 aromatic heterocycles. The Kier molecular flexibility index (Phi) is 8.80. The van der Waals surface area contributed by atoms with Crippen molar-refractivity contribution in [2.24, 2.45) is 0 Å². The zero-order chi connectivity index (χ0) is 31.2. The smallest absolute Gasteiger partial charge is 0.229 e. The van der Waals surface area contributed by atoms with Gasteiger partial charge in [-0.1, -0.05) is 0 Å². The molecule has 0 radical (unpaired) electrons. The van der Waals surface area contributed by atoms with Crippen molar-refractivity contribution < 1.29 is 69.0 Å². The molecule has 234 valence electrons. The Bertz CT molecular complexity index is 1510. The van der Waals surface area contributed by atoms with Crippen LogP contribution in [0.2, 0.25) is 0 Å². The summed E-state index contributed by atoms with van der Waals surface area (Å²) in [5.41, 5.74) is -0.414. The van der Waals surface area contributed by atoms with Gasteiger partial charge in [0.2, 0.25) is 6.29 Å². The van der Waals surface area contributed by atoms with Crippen LogP contribution >= 0.6 is 0 Å². The predicted molar refractivity (Wildman–Crippen MR) is 143 cm³/mol. The van der Waals surface area contributed by atoms with Crippen molar-refractivity contribution in [3.8, 4) is 34.3 Å². The molecular weight excluding hydrogens is 576 g/mol. The molecule has 5 rings (SSSR count). The summed E-state index contributed by atoms with van der Waals surface area (Å²) in [5, 5.41) is 82.2. The molecular formula is C28H32O15. The monoisotopic (exact) mass is 608 g/mol. The van der Waals surface area contributed by atoms with Gasteiger partial charge < -0.3 is 69.0 Å². The fourth-order valence-electron chi connectivity index (χ4n) is 5.01. The first-order valence-electron chi connectivity index (χ1n) is 13.3. The van der Waals surface area contributed by atoms with Crippen LogP contribution in [0, 0.1) is 0 Å². The summed E-state index contributed by atoms with van der Waals surface area (Å²) in [6.45, 7) is 0.687. The number of hydrogen-bond donors (Lipinski definition) is 8. The van der Waals surface area contributed by atoms with E-state index in [-0.39, 0.29) is 34.0 Å². The molecule has 0 spiro atoms. The molecule has 2 saturated heterocycles. The van der Waals surface area contributed by atoms with Crippen molar-refractivity contribution in [2.45, 2.75) is 68.3 Å². The Morgan fingerprint density at radius 3 is 2.26 bits per heavy atom. The Morgan fingerprint density at radius 1 is 0.837 bits per heavy atom. The summed E-state index contributed by atoms with van der Waals surface area (Å²) in [6, 6.07) is 7.77. The van der Waals surface area contributed by atoms with Crippen LogP contribution in [0.4, 0.5) is 0 Å². The number of fused-ring (bicyclic) bond motifs is 1. The van der Waals surface area contributed by atoms with E-state index in [9.17, 15) is 45.6 Å². The minimum Gasteiger partial charge on any atom is -0.507 e. The third-order valence-electron chi connectivity index (χ3n) is 7.42. The summed E-state index contributed by atoms with van der Waals surface area (Å²) in [4.78, 5) is 12.9. The molecule has 0 amide bonds. The summed E-state index contributed by atoms with van der Waals surface area (Å²) in [7, 11) is 1.38. The number of hydrogen-bond acceptors (Lipinski definition) is 15. The average molecular weight is 609 g/mol. The first kappa shape index (κ1) is 30.9. The second kappa shape index (κ2) is 12.2. The molecule has 3 heterocycles. The van der Waals surface area contributed by atoms with E-state index in [0.717, 1.165) is 12.1 Å². The Morgan fingerprint density at radius 2 is 1.58 bits per heavy atom. The van der Waals surface area contributed by atoms with Crippen LogP contribution in [0.25, 0.3) is 22.3 Å². The van der Waals surface area contributed by atoms with Crippen LogP contribution in [0.5, 0.6) is 23.0 Å². The highest BCUT2D eigenvalue weighted by molar-refractivity contribution is 5.86. The molecule has 3 aromatic rings. The van der Waals surface area contributed by atoms with Crippen molar-refractivity contribution >= 4 is 11.0 Å². The molecule has 2 aromatic carbocycles. The first-order chi connectivity index (χ1) is 20.4. The van der Waals surface area contributed by atoms with Crippen LogP contribution in [-0.4, -0.2) is 116 Å². The minimum atomic E-state index is -1.77. The van der Waals surface area contributed by atoms with E-state index < -0.39 is 79.2 Å². The normalized spacial score (nSPS) is 32.9. The maximum atomic E-state index is 12.9. The molecule has 15 nitrogen and oxygen atoms in total. The number of rotatable bonds is 7. The van der Waals surface area contributed by atoms with Gasteiger partial charge in [-0.15, -0.1) is 0 Å². The van der Waals surface area contributed by atoms with Crippen LogP contribution in [0.1, 0.15) is 6.92 Å². The molecule has 2 aliphatic rings. The van der Waals surface area contributed by atoms with Gasteiger partial charge in [-0.3, -0.25) is 4.79 Å². The highest BCUT2D eigenvalue weighted by Gasteiger charge is 2.50. The molecule has 2 aliphatic heterocycles. The van der Waals surface area contributed by atoms with E-state index in [1.165, 1.54) is 32.2 Å². The lowest BCUT2D eigenvalue weighted by Crippen LogP contribution is -2.64. The lowest BCUT2D eigenvalue weighted by atomic mass is 9.97. The fraction of sp³-hybridized carbons (Fsp3) is 0.464. The summed E-state index contributed by atoms with van der Waals surface area (Å²) >= 11 is 0. The van der Waals surface area contributed by atoms with Crippen molar-refractivity contribution in [3.63, 3.8) is 0 Å². The largest absolute Gasteiger partial charge is 0.507 e. The van der Waals surface area contributed by atoms with Crippen molar-refractivity contribution in [1.29, 1.82) is 0 Å². The zero-order valence-corrected chi connectivity index (χ0v) is 22.9. The minimum absolute atomic E-state index is 0.0410. The van der Waals surface area contributed by atoms with Gasteiger partial charge in [0.1, 0.15) is 64.9 Å². The van der Waals surface area contributed by atoms with Crippen molar-refractivity contribution in [1.82, 2.24) is 0 Å². The molecule has 43 heavy (non-hydrogen) atoms. The third-order valence-corrected chi connectivity index (χ3v) is 7.42. The first-order valence-corrected chi connectivity index (χ1v) is 13.3. The van der Waals surface area contributed by atoms with Crippen LogP contribution in [-0.2, 0) is 14.2 Å². The van der Waals surface area contributed by atoms with E-state index in [4.69, 9.17) is 28.1 Å². The Balaban J connectivity index is 1.48. The van der Waals surface area contributed by atoms with E-state index in [1.807, 2.05) is 0 Å². The molecule has 0 bridgehead atoms. The Labute approximate surface area is 243 Å². The molecule has 0 unspecified atom stereocenters. The molecule has 10 atom stereocenters. The van der Waals surface area contributed by atoms with Crippen LogP contribution in [0.3, 0.4) is 0 Å². The van der Waals surface area contributed by atoms with Gasteiger partial charge in [0.25, 0.3) is 0 Å². The Hall–Kier alpha value is -3.51. The quantitative estimate of drug-likeness (QED) is 0.159. The van der Waals surface area contributed by atoms with Gasteiger partial charge >= 0.3 is 0 Å². The molecule has 0 saturated carbocycles. The number of methoxy groups -OCH3 is 1. The second-order valence-corrected chi connectivity index (χ2v) is 10.3. The SMILES string of the molecule is COc1ccc(-c2cc(=O)c3c(O)cc(O[C@@H]4O[C@H](CO)[C@@H](O)[C@H](O)[C@H]4O[C@@H]4O[C@H](C)[C@@H](O)[C@H](O)[C@@H]4O)cc3o2)cc1O. The highest BCUT2D eigenvalue weighted by Crippen LogP contribution is 2.36. The fourth-order valence-corrected chi connectivity index (χ4v) is 5.01. The third kappa shape index (κ3) is 5.86. The average Bonchev–Trinajstić information content (AvgIpc) is 2.97. The second-order valence-electron chi connectivity index (χ2n) is 10.3. The summed E-state index contributed by atoms with van der Waals surface area (Å²) < 4.78 is 33.5. The van der Waals surface area contributed by atoms with Crippen molar-refractivity contribution in [2.75, 3.05) is 13.7 Å². The van der Waals surface area contributed by atoms with Gasteiger partial charge in [0.05, 0.1) is 19.8 Å². The van der Waals surface area contributed by atoms with Gasteiger partial charge in [0, 0.05) is 23.8 Å². The molecule has 2 fully saturated rings. The van der Waals surface area contributed by atoms with Crippen LogP contribution < -0.4 is 14.9 Å². The lowest BCUT2D eigenvalue weighted by Gasteiger charge is -2.45. The standard InChI is InChI=1S/C28H32O15/c1-10-21(33)23(35)25(37)27(39-10)43-26-24(36)22(34)19(9-29)42-28(26)40-12-6-14(31)20-15(32)8-17(41-18(20)7-12)11-3-4-16(38-2)13(30)5-11/h3-8,10,19,21-31,33-37H,9H2,1-2H3/t10-,19-,21-,22-,23+,24+,25+,26-,27+,28-/m1/s1. The zero-order valence-electron chi connectivity index (χ0n) is 22.9. The van der Waals surface area contributed by atoms with Crippen molar-refractivity contribution in [3.05, 3.63) is 46.6 Å². The number of phenols is 2. The highest BCUT2D eigenvalue weighted by atomic mass is 16.8. The number of ether oxygens (including phenoxy) is 5. The number of aromatic hydroxyl groups is 2. The van der Waals surface area contributed by atoms with Gasteiger partial charge in [0.15, 0.2) is 29.3 Å². The maximum absolute atomic E-state index is 12.9. The lowest BCUT2D eigenvalue weighted by molar-refractivity contribution is -0.354. The van der Waals surface area contributed by atoms with E-state index in [0.29, 0.717) is 5.56 Å². The number of aliphatic hydroxyl groups excluding tert-OH is 6. The maximum Gasteiger partial charge on any atom is 0.229 e. The van der Waals surface area contributed by atoms with E-state index >= 15 is 0 Å². The van der Waals surface area contributed by atoms with Gasteiger partial charge in [-0.2, -0.15) is 0 Å². The van der Waals surface area contributed by atoms with Crippen LogP contribution in [0.15, 0.2) is 45.6 Å². The summed E-state index contributed by atoms with van der Waals surface area (Å²) in [5.74, 6) is -0.653.